The van der Waals surface area contributed by atoms with E-state index in [-0.39, 0.29) is 24.0 Å². The number of fused-ring (bicyclic) bond motifs is 1. The number of benzene rings is 1. The molecule has 2 aliphatic rings. The second-order valence-electron chi connectivity index (χ2n) is 10.6. The summed E-state index contributed by atoms with van der Waals surface area (Å²) >= 11 is 0. The molecule has 6 rings (SSSR count). The molecule has 41 heavy (non-hydrogen) atoms. The first-order valence-corrected chi connectivity index (χ1v) is 13.5. The summed E-state index contributed by atoms with van der Waals surface area (Å²) < 4.78 is 27.7. The molecule has 2 aliphatic heterocycles. The van der Waals surface area contributed by atoms with E-state index in [0.29, 0.717) is 54.2 Å². The highest BCUT2D eigenvalue weighted by Gasteiger charge is 2.35. The fourth-order valence-electron chi connectivity index (χ4n) is 5.34. The van der Waals surface area contributed by atoms with E-state index in [9.17, 15) is 14.3 Å². The topological polar surface area (TPSA) is 155 Å². The van der Waals surface area contributed by atoms with E-state index >= 15 is 0 Å². The molecule has 0 aliphatic carbocycles. The number of hydrogen-bond acceptors (Lipinski definition) is 8. The van der Waals surface area contributed by atoms with Crippen LogP contribution in [0.25, 0.3) is 11.2 Å². The predicted molar refractivity (Wildman–Crippen MR) is 145 cm³/mol. The minimum atomic E-state index is -1.02. The van der Waals surface area contributed by atoms with Crippen LogP contribution in [0.1, 0.15) is 52.4 Å². The Hall–Kier alpha value is -4.31. The average Bonchev–Trinajstić information content (AvgIpc) is 3.50. The van der Waals surface area contributed by atoms with Crippen molar-refractivity contribution in [2.24, 2.45) is 5.73 Å². The number of nitrogens with zero attached hydrogens (tertiary/aromatic N) is 5. The van der Waals surface area contributed by atoms with E-state index in [1.807, 2.05) is 22.8 Å². The van der Waals surface area contributed by atoms with Gasteiger partial charge in [0.05, 0.1) is 42.1 Å². The fourth-order valence-corrected chi connectivity index (χ4v) is 5.34. The van der Waals surface area contributed by atoms with E-state index in [4.69, 9.17) is 25.5 Å². The molecule has 4 N–H and O–H groups in total. The Bertz CT molecular complexity index is 1630. The van der Waals surface area contributed by atoms with Crippen LogP contribution in [0.2, 0.25) is 0 Å². The van der Waals surface area contributed by atoms with Gasteiger partial charge in [-0.25, -0.2) is 19.2 Å². The number of likely N-dealkylation sites (tertiary alicyclic amines) is 1. The Morgan fingerprint density at radius 1 is 1.27 bits per heavy atom. The van der Waals surface area contributed by atoms with Crippen LogP contribution in [0.15, 0.2) is 42.5 Å². The van der Waals surface area contributed by atoms with Crippen LogP contribution in [0.5, 0.6) is 5.88 Å². The van der Waals surface area contributed by atoms with Crippen molar-refractivity contribution in [3.05, 3.63) is 76.6 Å². The van der Waals surface area contributed by atoms with Gasteiger partial charge in [0.25, 0.3) is 0 Å². The van der Waals surface area contributed by atoms with Gasteiger partial charge in [-0.1, -0.05) is 12.1 Å². The first-order chi connectivity index (χ1) is 19.8. The number of nitrogens with two attached hydrogens (primary N) is 1. The van der Waals surface area contributed by atoms with Crippen LogP contribution in [0.3, 0.4) is 0 Å². The summed E-state index contributed by atoms with van der Waals surface area (Å²) in [6.45, 7) is 3.38. The first-order valence-electron chi connectivity index (χ1n) is 13.5. The van der Waals surface area contributed by atoms with Crippen molar-refractivity contribution in [3.8, 4) is 11.9 Å². The van der Waals surface area contributed by atoms with Gasteiger partial charge in [-0.15, -0.1) is 0 Å². The summed E-state index contributed by atoms with van der Waals surface area (Å²) in [6, 6.07) is 13.2. The smallest absolute Gasteiger partial charge is 0.352 e. The van der Waals surface area contributed by atoms with Gasteiger partial charge >= 0.3 is 5.97 Å². The molecule has 0 spiro atoms. The minimum Gasteiger partial charge on any atom is -0.477 e. The number of imidazole rings is 1. The van der Waals surface area contributed by atoms with Crippen LogP contribution >= 0.6 is 0 Å². The molecule has 12 heteroatoms. The minimum absolute atomic E-state index is 0.0140. The van der Waals surface area contributed by atoms with Crippen molar-refractivity contribution >= 4 is 17.1 Å². The van der Waals surface area contributed by atoms with Gasteiger partial charge in [-0.3, -0.25) is 4.90 Å². The van der Waals surface area contributed by atoms with Crippen LogP contribution in [-0.2, 0) is 30.0 Å². The number of nitriles is 1. The molecule has 1 atom stereocenters. The van der Waals surface area contributed by atoms with Gasteiger partial charge < -0.3 is 29.9 Å². The molecule has 0 bridgehead atoms. The number of carboxylic acid groups (broad SMARTS) is 1. The Kier molecular flexibility index (Phi) is 7.17. The zero-order chi connectivity index (χ0) is 28.6. The largest absolute Gasteiger partial charge is 0.477 e. The number of nitrogens with one attached hydrogen (secondary N) is 1. The molecule has 1 aromatic carbocycles. The summed E-state index contributed by atoms with van der Waals surface area (Å²) in [5.41, 5.74) is 8.95. The van der Waals surface area contributed by atoms with Gasteiger partial charge in [0.2, 0.25) is 5.88 Å². The van der Waals surface area contributed by atoms with E-state index < -0.39 is 17.3 Å². The van der Waals surface area contributed by atoms with Crippen molar-refractivity contribution in [2.45, 2.75) is 50.6 Å². The highest BCUT2D eigenvalue weighted by atomic mass is 19.1. The number of aromatic nitrogens is 4. The molecule has 2 saturated heterocycles. The summed E-state index contributed by atoms with van der Waals surface area (Å²) in [6.07, 6.45) is 2.39. The molecular weight excluding hydrogens is 529 g/mol. The maximum atomic E-state index is 14.2. The summed E-state index contributed by atoms with van der Waals surface area (Å²) in [4.78, 5) is 26.1. The summed E-state index contributed by atoms with van der Waals surface area (Å²) in [5.74, 6) is -0.305. The molecule has 3 aromatic heterocycles. The lowest BCUT2D eigenvalue weighted by atomic mass is 9.85. The predicted octanol–water partition coefficient (Wildman–Crippen LogP) is 3.29. The van der Waals surface area contributed by atoms with Gasteiger partial charge in [0.15, 0.2) is 0 Å². The molecule has 5 heterocycles. The summed E-state index contributed by atoms with van der Waals surface area (Å²) in [7, 11) is 0. The molecule has 2 fully saturated rings. The van der Waals surface area contributed by atoms with Crippen LogP contribution in [0, 0.1) is 17.1 Å². The monoisotopic (exact) mass is 559 g/mol. The number of aromatic carboxylic acids is 1. The zero-order valence-electron chi connectivity index (χ0n) is 22.3. The van der Waals surface area contributed by atoms with Crippen molar-refractivity contribution in [3.63, 3.8) is 0 Å². The number of ether oxygens (including phenoxy) is 2. The molecule has 0 amide bonds. The number of aromatic amines is 1. The molecule has 11 nitrogen and oxygen atoms in total. The van der Waals surface area contributed by atoms with Crippen molar-refractivity contribution < 1.29 is 23.8 Å². The SMILES string of the molecule is N#Cc1ccc(COc2cccc(C3(N)CCN(Cc4nc5cc(C(=O)O)[nH]c5n4C[C@@H]4CCO4)CC3)n2)c(F)c1. The molecular formula is C29H30FN7O4. The third-order valence-electron chi connectivity index (χ3n) is 7.92. The average molecular weight is 560 g/mol. The quantitative estimate of drug-likeness (QED) is 0.280. The lowest BCUT2D eigenvalue weighted by Crippen LogP contribution is -2.48. The lowest BCUT2D eigenvalue weighted by Gasteiger charge is -2.38. The molecule has 0 saturated carbocycles. The number of hydrogen-bond donors (Lipinski definition) is 3. The first kappa shape index (κ1) is 26.9. The molecule has 0 unspecified atom stereocenters. The molecule has 4 aromatic rings. The number of rotatable bonds is 9. The number of halogens is 1. The maximum Gasteiger partial charge on any atom is 0.352 e. The molecule has 212 valence electrons. The van der Waals surface area contributed by atoms with E-state index in [2.05, 4.69) is 14.9 Å². The van der Waals surface area contributed by atoms with Crippen molar-refractivity contribution in [1.82, 2.24) is 24.4 Å². The highest BCUT2D eigenvalue weighted by Crippen LogP contribution is 2.31. The Balaban J connectivity index is 1.11. The molecule has 0 radical (unpaired) electrons. The normalized spacial score (nSPS) is 18.6. The van der Waals surface area contributed by atoms with Gasteiger partial charge in [-0.2, -0.15) is 5.26 Å². The van der Waals surface area contributed by atoms with Gasteiger partial charge in [0, 0.05) is 31.3 Å². The Labute approximate surface area is 235 Å². The van der Waals surface area contributed by atoms with E-state index in [1.54, 1.807) is 18.2 Å². The number of piperidine rings is 1. The van der Waals surface area contributed by atoms with Crippen molar-refractivity contribution in [1.29, 1.82) is 5.26 Å². The van der Waals surface area contributed by atoms with Crippen LogP contribution in [-0.4, -0.2) is 61.3 Å². The van der Waals surface area contributed by atoms with Crippen LogP contribution in [0.4, 0.5) is 4.39 Å². The number of carbonyl (C=O) groups is 1. The zero-order valence-corrected chi connectivity index (χ0v) is 22.3. The second kappa shape index (κ2) is 10.9. The number of H-pyrrole nitrogens is 1. The third kappa shape index (κ3) is 5.52. The number of carboxylic acids is 1. The highest BCUT2D eigenvalue weighted by molar-refractivity contribution is 5.91. The third-order valence-corrected chi connectivity index (χ3v) is 7.92. The van der Waals surface area contributed by atoms with E-state index in [0.717, 1.165) is 31.9 Å². The standard InChI is InChI=1S/C29H30FN7O4/c30-21-12-18(14-31)4-5-19(21)17-41-26-3-1-2-24(35-26)29(32)7-9-36(10-8-29)16-25-33-22-13-23(28(38)39)34-27(22)37(25)15-20-6-11-40-20/h1-5,12-13,20,34H,6-11,15-17,32H2,(H,38,39)/t20-/m0/s1. The fraction of sp³-hybridized carbons (Fsp3) is 0.379. The van der Waals surface area contributed by atoms with Crippen molar-refractivity contribution in [2.75, 3.05) is 19.7 Å². The number of pyridine rings is 1. The lowest BCUT2D eigenvalue weighted by molar-refractivity contribution is -0.0593. The summed E-state index contributed by atoms with van der Waals surface area (Å²) in [5, 5.41) is 18.3. The Morgan fingerprint density at radius 3 is 2.76 bits per heavy atom. The van der Waals surface area contributed by atoms with Gasteiger partial charge in [0.1, 0.15) is 35.1 Å². The second-order valence-corrected chi connectivity index (χ2v) is 10.6. The van der Waals surface area contributed by atoms with Crippen LogP contribution < -0.4 is 10.5 Å². The maximum absolute atomic E-state index is 14.2. The van der Waals surface area contributed by atoms with Gasteiger partial charge in [-0.05, 0) is 43.5 Å². The Morgan fingerprint density at radius 2 is 2.07 bits per heavy atom. The van der Waals surface area contributed by atoms with E-state index in [1.165, 1.54) is 12.1 Å².